The van der Waals surface area contributed by atoms with Crippen molar-refractivity contribution < 1.29 is 19.1 Å². The first-order valence-corrected chi connectivity index (χ1v) is 6.66. The van der Waals surface area contributed by atoms with Gasteiger partial charge in [0.15, 0.2) is 0 Å². The van der Waals surface area contributed by atoms with Crippen LogP contribution in [0.25, 0.3) is 0 Å². The maximum atomic E-state index is 12.2. The SMILES string of the molecule is Cc1cc(C(=O)Nc2c(Cl)cc(C(=O)O)cc2Cl)c(C)o1. The van der Waals surface area contributed by atoms with Crippen LogP contribution in [0.3, 0.4) is 0 Å². The summed E-state index contributed by atoms with van der Waals surface area (Å²) in [6.45, 7) is 3.39. The average Bonchev–Trinajstić information content (AvgIpc) is 2.72. The third-order valence-corrected chi connectivity index (χ3v) is 3.41. The first kappa shape index (κ1) is 15.4. The number of carbonyl (C=O) groups is 2. The van der Waals surface area contributed by atoms with Crippen LogP contribution in [0.1, 0.15) is 32.2 Å². The second kappa shape index (κ2) is 5.79. The summed E-state index contributed by atoms with van der Waals surface area (Å²) in [6, 6.07) is 4.04. The lowest BCUT2D eigenvalue weighted by molar-refractivity contribution is 0.0696. The molecule has 2 N–H and O–H groups in total. The van der Waals surface area contributed by atoms with Crippen molar-refractivity contribution in [2.45, 2.75) is 13.8 Å². The van der Waals surface area contributed by atoms with E-state index >= 15 is 0 Å². The van der Waals surface area contributed by atoms with Gasteiger partial charge in [0.25, 0.3) is 5.91 Å². The number of nitrogens with one attached hydrogen (secondary N) is 1. The molecular weight excluding hydrogens is 317 g/mol. The summed E-state index contributed by atoms with van der Waals surface area (Å²) in [6.07, 6.45) is 0. The quantitative estimate of drug-likeness (QED) is 0.887. The van der Waals surface area contributed by atoms with E-state index in [1.165, 1.54) is 12.1 Å². The summed E-state index contributed by atoms with van der Waals surface area (Å²) < 4.78 is 5.28. The molecule has 110 valence electrons. The van der Waals surface area contributed by atoms with Gasteiger partial charge in [-0.15, -0.1) is 0 Å². The number of amides is 1. The lowest BCUT2D eigenvalue weighted by Crippen LogP contribution is -2.13. The smallest absolute Gasteiger partial charge is 0.335 e. The van der Waals surface area contributed by atoms with E-state index in [1.807, 2.05) is 0 Å². The van der Waals surface area contributed by atoms with E-state index in [0.717, 1.165) is 0 Å². The Morgan fingerprint density at radius 3 is 2.14 bits per heavy atom. The van der Waals surface area contributed by atoms with Crippen molar-refractivity contribution in [2.24, 2.45) is 0 Å². The van der Waals surface area contributed by atoms with Crippen molar-refractivity contribution in [1.29, 1.82) is 0 Å². The zero-order valence-corrected chi connectivity index (χ0v) is 12.7. The van der Waals surface area contributed by atoms with Crippen LogP contribution in [0.4, 0.5) is 5.69 Å². The highest BCUT2D eigenvalue weighted by atomic mass is 35.5. The highest BCUT2D eigenvalue weighted by molar-refractivity contribution is 6.40. The molecule has 0 bridgehead atoms. The summed E-state index contributed by atoms with van der Waals surface area (Å²) in [5, 5.41) is 11.6. The molecule has 21 heavy (non-hydrogen) atoms. The molecule has 0 fully saturated rings. The summed E-state index contributed by atoms with van der Waals surface area (Å²) >= 11 is 11.9. The third-order valence-electron chi connectivity index (χ3n) is 2.81. The van der Waals surface area contributed by atoms with E-state index in [2.05, 4.69) is 5.32 Å². The number of carboxylic acid groups (broad SMARTS) is 1. The number of hydrogen-bond acceptors (Lipinski definition) is 3. The molecule has 0 saturated heterocycles. The zero-order valence-electron chi connectivity index (χ0n) is 11.2. The second-order valence-corrected chi connectivity index (χ2v) is 5.22. The number of carbonyl (C=O) groups excluding carboxylic acids is 1. The van der Waals surface area contributed by atoms with Crippen molar-refractivity contribution in [3.05, 3.63) is 50.9 Å². The highest BCUT2D eigenvalue weighted by Gasteiger charge is 2.18. The van der Waals surface area contributed by atoms with Crippen LogP contribution in [-0.2, 0) is 0 Å². The number of carboxylic acids is 1. The molecule has 0 saturated carbocycles. The minimum absolute atomic E-state index is 0.0473. The van der Waals surface area contributed by atoms with Gasteiger partial charge >= 0.3 is 5.97 Å². The zero-order chi connectivity index (χ0) is 15.7. The van der Waals surface area contributed by atoms with E-state index in [9.17, 15) is 9.59 Å². The molecule has 1 aromatic heterocycles. The molecule has 0 atom stereocenters. The first-order valence-electron chi connectivity index (χ1n) is 5.90. The summed E-state index contributed by atoms with van der Waals surface area (Å²) in [5.41, 5.74) is 0.465. The largest absolute Gasteiger partial charge is 0.478 e. The van der Waals surface area contributed by atoms with Crippen LogP contribution < -0.4 is 5.32 Å². The highest BCUT2D eigenvalue weighted by Crippen LogP contribution is 2.32. The molecule has 7 heteroatoms. The molecule has 1 heterocycles. The predicted molar refractivity (Wildman–Crippen MR) is 79.6 cm³/mol. The van der Waals surface area contributed by atoms with Crippen LogP contribution in [-0.4, -0.2) is 17.0 Å². The van der Waals surface area contributed by atoms with Gasteiger partial charge in [-0.05, 0) is 32.0 Å². The molecule has 1 amide bonds. The number of hydrogen-bond donors (Lipinski definition) is 2. The lowest BCUT2D eigenvalue weighted by atomic mass is 10.2. The molecule has 2 aromatic rings. The van der Waals surface area contributed by atoms with E-state index in [1.54, 1.807) is 19.9 Å². The van der Waals surface area contributed by atoms with Gasteiger partial charge in [0, 0.05) is 0 Å². The van der Waals surface area contributed by atoms with Crippen LogP contribution in [0.5, 0.6) is 0 Å². The minimum atomic E-state index is -1.15. The number of halogens is 2. The Hall–Kier alpha value is -1.98. The number of rotatable bonds is 3. The molecule has 0 spiro atoms. The number of benzene rings is 1. The van der Waals surface area contributed by atoms with Crippen molar-refractivity contribution in [1.82, 2.24) is 0 Å². The van der Waals surface area contributed by atoms with Gasteiger partial charge in [0.2, 0.25) is 0 Å². The Labute approximate surface area is 130 Å². The summed E-state index contributed by atoms with van der Waals surface area (Å²) in [4.78, 5) is 23.1. The third kappa shape index (κ3) is 3.20. The molecule has 2 rings (SSSR count). The normalized spacial score (nSPS) is 10.5. The Kier molecular flexibility index (Phi) is 4.25. The van der Waals surface area contributed by atoms with Gasteiger partial charge in [-0.3, -0.25) is 4.79 Å². The Morgan fingerprint density at radius 2 is 1.71 bits per heavy atom. The molecule has 0 aliphatic rings. The Balaban J connectivity index is 2.34. The molecule has 5 nitrogen and oxygen atoms in total. The molecular formula is C14H11Cl2NO4. The average molecular weight is 328 g/mol. The molecule has 1 aromatic carbocycles. The standard InChI is InChI=1S/C14H11Cl2NO4/c1-6-3-9(7(2)21-6)13(18)17-12-10(15)4-8(14(19)20)5-11(12)16/h3-5H,1-2H3,(H,17,18)(H,19,20). The van der Waals surface area contributed by atoms with E-state index in [4.69, 9.17) is 32.7 Å². The van der Waals surface area contributed by atoms with Crippen LogP contribution in [0.15, 0.2) is 22.6 Å². The van der Waals surface area contributed by atoms with Crippen molar-refractivity contribution in [2.75, 3.05) is 5.32 Å². The van der Waals surface area contributed by atoms with Gasteiger partial charge in [-0.2, -0.15) is 0 Å². The molecule has 0 aliphatic heterocycles. The number of furan rings is 1. The molecule has 0 unspecified atom stereocenters. The molecule has 0 radical (unpaired) electrons. The first-order chi connectivity index (χ1) is 9.79. The number of aromatic carboxylic acids is 1. The Bertz CT molecular complexity index is 714. The second-order valence-electron chi connectivity index (χ2n) is 4.40. The lowest BCUT2D eigenvalue weighted by Gasteiger charge is -2.10. The summed E-state index contributed by atoms with van der Waals surface area (Å²) in [7, 11) is 0. The minimum Gasteiger partial charge on any atom is -0.478 e. The van der Waals surface area contributed by atoms with Gasteiger partial charge in [0.1, 0.15) is 11.5 Å². The maximum Gasteiger partial charge on any atom is 0.335 e. The number of aryl methyl sites for hydroxylation is 2. The summed E-state index contributed by atoms with van der Waals surface area (Å²) in [5.74, 6) is -0.510. The Morgan fingerprint density at radius 1 is 1.14 bits per heavy atom. The van der Waals surface area contributed by atoms with Crippen molar-refractivity contribution in [3.63, 3.8) is 0 Å². The fourth-order valence-electron chi connectivity index (χ4n) is 1.85. The molecule has 0 aliphatic carbocycles. The van der Waals surface area contributed by atoms with Gasteiger partial charge in [-0.1, -0.05) is 23.2 Å². The van der Waals surface area contributed by atoms with Crippen molar-refractivity contribution in [3.8, 4) is 0 Å². The van der Waals surface area contributed by atoms with E-state index in [-0.39, 0.29) is 21.3 Å². The van der Waals surface area contributed by atoms with Gasteiger partial charge in [-0.25, -0.2) is 4.79 Å². The number of anilines is 1. The topological polar surface area (TPSA) is 79.5 Å². The van der Waals surface area contributed by atoms with E-state index < -0.39 is 11.9 Å². The van der Waals surface area contributed by atoms with Crippen LogP contribution in [0.2, 0.25) is 10.0 Å². The monoisotopic (exact) mass is 327 g/mol. The fourth-order valence-corrected chi connectivity index (χ4v) is 2.43. The predicted octanol–water partition coefficient (Wildman–Crippen LogP) is 4.15. The van der Waals surface area contributed by atoms with Crippen LogP contribution in [0, 0.1) is 13.8 Å². The fraction of sp³-hybridized carbons (Fsp3) is 0.143. The van der Waals surface area contributed by atoms with Crippen LogP contribution >= 0.6 is 23.2 Å². The maximum absolute atomic E-state index is 12.2. The van der Waals surface area contributed by atoms with E-state index in [0.29, 0.717) is 17.1 Å². The van der Waals surface area contributed by atoms with Gasteiger partial charge < -0.3 is 14.8 Å². The van der Waals surface area contributed by atoms with Gasteiger partial charge in [0.05, 0.1) is 26.9 Å². The van der Waals surface area contributed by atoms with Crippen molar-refractivity contribution >= 4 is 40.8 Å².